The lowest BCUT2D eigenvalue weighted by molar-refractivity contribution is 0.392. The molecule has 0 bridgehead atoms. The van der Waals surface area contributed by atoms with Crippen molar-refractivity contribution in [1.29, 1.82) is 0 Å². The third-order valence-electron chi connectivity index (χ3n) is 5.03. The molecule has 0 saturated heterocycles. The number of fused-ring (bicyclic) bond motifs is 1. The van der Waals surface area contributed by atoms with Gasteiger partial charge in [-0.25, -0.2) is 19.6 Å². The number of nitrogens with zero attached hydrogens (tertiary/aromatic N) is 6. The van der Waals surface area contributed by atoms with E-state index < -0.39 is 0 Å². The second kappa shape index (κ2) is 8.89. The summed E-state index contributed by atoms with van der Waals surface area (Å²) < 4.78 is 4.15. The van der Waals surface area contributed by atoms with Crippen LogP contribution in [-0.2, 0) is 26.1 Å². The molecule has 1 aromatic carbocycles. The first kappa shape index (κ1) is 19.2. The van der Waals surface area contributed by atoms with Crippen LogP contribution >= 0.6 is 0 Å². The zero-order valence-corrected chi connectivity index (χ0v) is 17.0. The summed E-state index contributed by atoms with van der Waals surface area (Å²) in [6.45, 7) is 6.96. The van der Waals surface area contributed by atoms with Gasteiger partial charge in [0.25, 0.3) is 0 Å². The van der Waals surface area contributed by atoms with Gasteiger partial charge in [0.05, 0.1) is 6.54 Å². The van der Waals surface area contributed by atoms with Crippen molar-refractivity contribution in [1.82, 2.24) is 34.9 Å². The molecule has 1 atom stereocenters. The number of aliphatic imine (C=N–C) groups is 1. The van der Waals surface area contributed by atoms with E-state index in [4.69, 9.17) is 4.99 Å². The average Bonchev–Trinajstić information content (AvgIpc) is 3.32. The molecule has 1 unspecified atom stereocenters. The van der Waals surface area contributed by atoms with Crippen LogP contribution in [0.25, 0.3) is 0 Å². The minimum absolute atomic E-state index is 0.283. The van der Waals surface area contributed by atoms with Crippen molar-refractivity contribution in [3.63, 3.8) is 0 Å². The summed E-state index contributed by atoms with van der Waals surface area (Å²) in [6, 6.07) is 10.7. The third-order valence-corrected chi connectivity index (χ3v) is 5.03. The Hall–Kier alpha value is -3.16. The number of benzene rings is 1. The van der Waals surface area contributed by atoms with Crippen molar-refractivity contribution < 1.29 is 0 Å². The monoisotopic (exact) mass is 392 g/mol. The minimum Gasteiger partial charge on any atom is -0.357 e. The van der Waals surface area contributed by atoms with Gasteiger partial charge in [0.2, 0.25) is 0 Å². The van der Waals surface area contributed by atoms with E-state index in [1.807, 2.05) is 30.1 Å². The van der Waals surface area contributed by atoms with E-state index in [9.17, 15) is 0 Å². The van der Waals surface area contributed by atoms with Crippen LogP contribution in [0.3, 0.4) is 0 Å². The van der Waals surface area contributed by atoms with Gasteiger partial charge < -0.3 is 15.2 Å². The maximum atomic E-state index is 4.78. The highest BCUT2D eigenvalue weighted by Gasteiger charge is 2.21. The van der Waals surface area contributed by atoms with E-state index in [0.29, 0.717) is 6.54 Å². The lowest BCUT2D eigenvalue weighted by Crippen LogP contribution is -2.47. The molecule has 0 saturated carbocycles. The van der Waals surface area contributed by atoms with Crippen LogP contribution in [-0.4, -0.2) is 42.9 Å². The van der Waals surface area contributed by atoms with E-state index >= 15 is 0 Å². The van der Waals surface area contributed by atoms with Gasteiger partial charge >= 0.3 is 0 Å². The van der Waals surface area contributed by atoms with Crippen LogP contribution in [0, 0.1) is 6.92 Å². The highest BCUT2D eigenvalue weighted by atomic mass is 15.4. The van der Waals surface area contributed by atoms with Gasteiger partial charge in [-0.2, -0.15) is 5.10 Å². The Kier molecular flexibility index (Phi) is 5.88. The van der Waals surface area contributed by atoms with Crippen LogP contribution in [0.15, 0.2) is 47.7 Å². The molecular formula is C21H28N8. The molecule has 4 rings (SSSR count). The van der Waals surface area contributed by atoms with Crippen molar-refractivity contribution >= 4 is 5.96 Å². The zero-order chi connectivity index (χ0) is 20.1. The zero-order valence-electron chi connectivity index (χ0n) is 17.0. The van der Waals surface area contributed by atoms with Crippen molar-refractivity contribution in [2.45, 2.75) is 52.4 Å². The summed E-state index contributed by atoms with van der Waals surface area (Å²) in [5.74, 6) is 3.67. The van der Waals surface area contributed by atoms with Gasteiger partial charge in [-0.1, -0.05) is 30.3 Å². The number of nitrogens with one attached hydrogen (secondary N) is 2. The molecule has 0 aliphatic carbocycles. The van der Waals surface area contributed by atoms with Crippen molar-refractivity contribution in [2.24, 2.45) is 4.99 Å². The van der Waals surface area contributed by atoms with Crippen LogP contribution in [0.4, 0.5) is 0 Å². The van der Waals surface area contributed by atoms with Gasteiger partial charge in [-0.3, -0.25) is 0 Å². The lowest BCUT2D eigenvalue weighted by atomic mass is 10.1. The van der Waals surface area contributed by atoms with E-state index in [0.717, 1.165) is 55.9 Å². The van der Waals surface area contributed by atoms with E-state index in [-0.39, 0.29) is 6.04 Å². The fourth-order valence-electron chi connectivity index (χ4n) is 3.63. The molecule has 0 fully saturated rings. The first-order valence-corrected chi connectivity index (χ1v) is 10.2. The van der Waals surface area contributed by atoms with Crippen LogP contribution < -0.4 is 10.6 Å². The standard InChI is InChI=1S/C21H28N8/c1-3-22-21(26-18-9-10-19-25-16(2)27-29(19)15-18)24-13-20-23-11-12-28(20)14-17-7-5-4-6-8-17/h4-8,11-12,18H,3,9-10,13-15H2,1-2H3,(H2,22,24,26). The van der Waals surface area contributed by atoms with Gasteiger partial charge in [0.15, 0.2) is 5.96 Å². The van der Waals surface area contributed by atoms with Crippen molar-refractivity contribution in [2.75, 3.05) is 6.54 Å². The quantitative estimate of drug-likeness (QED) is 0.494. The van der Waals surface area contributed by atoms with Crippen LogP contribution in [0.5, 0.6) is 0 Å². The minimum atomic E-state index is 0.283. The van der Waals surface area contributed by atoms with Gasteiger partial charge in [-0.05, 0) is 25.8 Å². The van der Waals surface area contributed by atoms with Gasteiger partial charge in [-0.15, -0.1) is 0 Å². The molecule has 0 radical (unpaired) electrons. The number of imidazole rings is 1. The normalized spacial score (nSPS) is 16.5. The van der Waals surface area contributed by atoms with Crippen molar-refractivity contribution in [3.8, 4) is 0 Å². The Morgan fingerprint density at radius 1 is 1.28 bits per heavy atom. The fourth-order valence-corrected chi connectivity index (χ4v) is 3.63. The van der Waals surface area contributed by atoms with Gasteiger partial charge in [0, 0.05) is 37.9 Å². The van der Waals surface area contributed by atoms with E-state index in [1.165, 1.54) is 5.56 Å². The van der Waals surface area contributed by atoms with Crippen molar-refractivity contribution in [3.05, 3.63) is 65.8 Å². The first-order chi connectivity index (χ1) is 14.2. The topological polar surface area (TPSA) is 84.9 Å². The van der Waals surface area contributed by atoms with Crippen LogP contribution in [0.2, 0.25) is 0 Å². The maximum absolute atomic E-state index is 4.78. The van der Waals surface area contributed by atoms with Gasteiger partial charge in [0.1, 0.15) is 24.0 Å². The fraction of sp³-hybridized carbons (Fsp3) is 0.429. The summed E-state index contributed by atoms with van der Waals surface area (Å²) >= 11 is 0. The molecule has 1 aliphatic heterocycles. The molecule has 0 amide bonds. The highest BCUT2D eigenvalue weighted by molar-refractivity contribution is 5.80. The summed E-state index contributed by atoms with van der Waals surface area (Å²) in [7, 11) is 0. The second-order valence-electron chi connectivity index (χ2n) is 7.29. The molecule has 1 aliphatic rings. The summed E-state index contributed by atoms with van der Waals surface area (Å²) in [4.78, 5) is 13.8. The molecule has 29 heavy (non-hydrogen) atoms. The molecule has 8 nitrogen and oxygen atoms in total. The molecular weight excluding hydrogens is 364 g/mol. The predicted octanol–water partition coefficient (Wildman–Crippen LogP) is 1.90. The lowest BCUT2D eigenvalue weighted by Gasteiger charge is -2.25. The second-order valence-corrected chi connectivity index (χ2v) is 7.29. The average molecular weight is 393 g/mol. The van der Waals surface area contributed by atoms with E-state index in [2.05, 4.69) is 61.5 Å². The SMILES string of the molecule is CCNC(=NCc1nccn1Cc1ccccc1)NC1CCc2nc(C)nn2C1. The molecule has 8 heteroatoms. The highest BCUT2D eigenvalue weighted by Crippen LogP contribution is 2.13. The smallest absolute Gasteiger partial charge is 0.191 e. The number of aryl methyl sites for hydroxylation is 2. The predicted molar refractivity (Wildman–Crippen MR) is 113 cm³/mol. The number of hydrogen-bond acceptors (Lipinski definition) is 4. The van der Waals surface area contributed by atoms with E-state index in [1.54, 1.807) is 0 Å². The largest absolute Gasteiger partial charge is 0.357 e. The first-order valence-electron chi connectivity index (χ1n) is 10.2. The Balaban J connectivity index is 1.41. The molecule has 152 valence electrons. The summed E-state index contributed by atoms with van der Waals surface area (Å²) in [5, 5.41) is 11.4. The number of rotatable bonds is 6. The molecule has 2 aromatic heterocycles. The number of aromatic nitrogens is 5. The Bertz CT molecular complexity index is 956. The molecule has 2 N–H and O–H groups in total. The Labute approximate surface area is 171 Å². The Morgan fingerprint density at radius 2 is 2.14 bits per heavy atom. The molecule has 3 heterocycles. The summed E-state index contributed by atoms with van der Waals surface area (Å²) in [5.41, 5.74) is 1.25. The number of guanidine groups is 1. The molecule has 3 aromatic rings. The Morgan fingerprint density at radius 3 is 2.97 bits per heavy atom. The third kappa shape index (κ3) is 4.82. The van der Waals surface area contributed by atoms with Crippen LogP contribution in [0.1, 0.15) is 36.4 Å². The molecule has 0 spiro atoms. The summed E-state index contributed by atoms with van der Waals surface area (Å²) in [6.07, 6.45) is 5.79. The maximum Gasteiger partial charge on any atom is 0.191 e. The number of hydrogen-bond donors (Lipinski definition) is 2.